The fourth-order valence-electron chi connectivity index (χ4n) is 2.23. The molecule has 0 saturated carbocycles. The maximum atomic E-state index is 12.7. The lowest BCUT2D eigenvalue weighted by molar-refractivity contribution is -0.218. The lowest BCUT2D eigenvalue weighted by Crippen LogP contribution is -2.73. The molecule has 3 atom stereocenters. The van der Waals surface area contributed by atoms with Gasteiger partial charge in [-0.05, 0) is 25.7 Å². The number of ether oxygens (including phenoxy) is 1. The highest BCUT2D eigenvalue weighted by atomic mass is 19.4. The van der Waals surface area contributed by atoms with Crippen molar-refractivity contribution in [1.82, 2.24) is 10.6 Å². The average Bonchev–Trinajstić information content (AvgIpc) is 2.30. The zero-order chi connectivity index (χ0) is 16.4. The largest absolute Gasteiger partial charge is 0.467 e. The van der Waals surface area contributed by atoms with Crippen molar-refractivity contribution in [2.24, 2.45) is 5.92 Å². The van der Waals surface area contributed by atoms with E-state index in [1.165, 1.54) is 7.11 Å². The molecule has 5 nitrogen and oxygen atoms in total. The molecule has 0 spiro atoms. The van der Waals surface area contributed by atoms with Gasteiger partial charge in [-0.25, -0.2) is 4.79 Å². The van der Waals surface area contributed by atoms with Gasteiger partial charge in [0.05, 0.1) is 13.2 Å². The highest BCUT2D eigenvalue weighted by Gasteiger charge is 2.60. The highest BCUT2D eigenvalue weighted by Crippen LogP contribution is 2.39. The van der Waals surface area contributed by atoms with Crippen LogP contribution in [0.4, 0.5) is 13.2 Å². The Hall–Kier alpha value is -1.31. The molecule has 0 bridgehead atoms. The van der Waals surface area contributed by atoms with Crippen LogP contribution in [0.2, 0.25) is 0 Å². The van der Waals surface area contributed by atoms with Crippen LogP contribution in [-0.4, -0.2) is 42.8 Å². The molecule has 2 N–H and O–H groups in total. The van der Waals surface area contributed by atoms with Crippen molar-refractivity contribution < 1.29 is 27.5 Å². The van der Waals surface area contributed by atoms with Crippen molar-refractivity contribution in [2.75, 3.05) is 7.11 Å². The number of alkyl halides is 3. The fourth-order valence-corrected chi connectivity index (χ4v) is 2.23. The van der Waals surface area contributed by atoms with Gasteiger partial charge in [-0.3, -0.25) is 10.1 Å². The Morgan fingerprint density at radius 2 is 1.95 bits per heavy atom. The number of amides is 1. The predicted octanol–water partition coefficient (Wildman–Crippen LogP) is 1.37. The lowest BCUT2D eigenvalue weighted by atomic mass is 9.82. The monoisotopic (exact) mass is 310 g/mol. The van der Waals surface area contributed by atoms with Crippen LogP contribution >= 0.6 is 0 Å². The van der Waals surface area contributed by atoms with E-state index in [9.17, 15) is 22.8 Å². The van der Waals surface area contributed by atoms with Gasteiger partial charge in [-0.15, -0.1) is 0 Å². The number of hydrogen-bond acceptors (Lipinski definition) is 4. The first-order chi connectivity index (χ1) is 9.50. The van der Waals surface area contributed by atoms with Crippen LogP contribution in [0.3, 0.4) is 0 Å². The minimum atomic E-state index is -4.41. The van der Waals surface area contributed by atoms with E-state index >= 15 is 0 Å². The number of hydrogen-bond donors (Lipinski definition) is 2. The number of nitrogens with one attached hydrogen (secondary N) is 2. The smallest absolute Gasteiger partial charge is 0.406 e. The molecule has 21 heavy (non-hydrogen) atoms. The highest BCUT2D eigenvalue weighted by molar-refractivity contribution is 5.88. The molecule has 0 radical (unpaired) electrons. The molecule has 0 aromatic rings. The molecule has 1 aliphatic rings. The summed E-state index contributed by atoms with van der Waals surface area (Å²) in [6.45, 7) is 4.73. The van der Waals surface area contributed by atoms with E-state index < -0.39 is 35.7 Å². The minimum Gasteiger partial charge on any atom is -0.467 e. The molecule has 1 heterocycles. The van der Waals surface area contributed by atoms with E-state index in [-0.39, 0.29) is 12.3 Å². The van der Waals surface area contributed by atoms with Gasteiger partial charge in [-0.1, -0.05) is 13.8 Å². The number of rotatable bonds is 5. The second kappa shape index (κ2) is 6.21. The third-order valence-electron chi connectivity index (χ3n) is 3.56. The van der Waals surface area contributed by atoms with E-state index in [0.717, 1.165) is 6.92 Å². The molecule has 1 rings (SSSR count). The standard InChI is InChI=1S/C13H21F3N2O3/c1-7(2)5-8(11(20)21-4)17-10(19)9-6-12(3,18-9)13(14,15)16/h7-9,18H,5-6H2,1-4H3,(H,17,19)/t8-,9+,12?/m0/s1. The maximum absolute atomic E-state index is 12.7. The van der Waals surface area contributed by atoms with E-state index in [1.807, 2.05) is 13.8 Å². The number of esters is 1. The molecule has 1 amide bonds. The van der Waals surface area contributed by atoms with Gasteiger partial charge < -0.3 is 10.1 Å². The molecule has 0 aliphatic carbocycles. The molecule has 1 unspecified atom stereocenters. The van der Waals surface area contributed by atoms with Gasteiger partial charge in [0.1, 0.15) is 11.6 Å². The SMILES string of the molecule is COC(=O)[C@H](CC(C)C)NC(=O)[C@H]1CC(C)(C(F)(F)F)N1. The van der Waals surface area contributed by atoms with Crippen molar-refractivity contribution in [2.45, 2.75) is 57.4 Å². The number of methoxy groups -OCH3 is 1. The molecule has 0 aromatic heterocycles. The van der Waals surface area contributed by atoms with Crippen LogP contribution in [-0.2, 0) is 14.3 Å². The maximum Gasteiger partial charge on any atom is 0.406 e. The van der Waals surface area contributed by atoms with Crippen molar-refractivity contribution in [1.29, 1.82) is 0 Å². The zero-order valence-electron chi connectivity index (χ0n) is 12.5. The van der Waals surface area contributed by atoms with Crippen LogP contribution in [0.1, 0.15) is 33.6 Å². The summed E-state index contributed by atoms with van der Waals surface area (Å²) in [5.74, 6) is -1.09. The molecule has 1 aliphatic heterocycles. The summed E-state index contributed by atoms with van der Waals surface area (Å²) in [5, 5.41) is 4.67. The van der Waals surface area contributed by atoms with Gasteiger partial charge in [-0.2, -0.15) is 13.2 Å². The van der Waals surface area contributed by atoms with Crippen LogP contribution in [0.15, 0.2) is 0 Å². The third kappa shape index (κ3) is 4.09. The molecule has 8 heteroatoms. The lowest BCUT2D eigenvalue weighted by Gasteiger charge is -2.46. The fraction of sp³-hybridized carbons (Fsp3) is 0.846. The summed E-state index contributed by atoms with van der Waals surface area (Å²) in [7, 11) is 1.20. The number of carbonyl (C=O) groups is 2. The predicted molar refractivity (Wildman–Crippen MR) is 69.4 cm³/mol. The van der Waals surface area contributed by atoms with Gasteiger partial charge in [0.25, 0.3) is 0 Å². The number of halogens is 3. The van der Waals surface area contributed by atoms with Crippen LogP contribution < -0.4 is 10.6 Å². The quantitative estimate of drug-likeness (QED) is 0.753. The zero-order valence-corrected chi connectivity index (χ0v) is 12.5. The Kier molecular flexibility index (Phi) is 5.25. The molecular formula is C13H21F3N2O3. The second-order valence-electron chi connectivity index (χ2n) is 5.94. The van der Waals surface area contributed by atoms with Gasteiger partial charge in [0.2, 0.25) is 5.91 Å². The van der Waals surface area contributed by atoms with Gasteiger partial charge in [0, 0.05) is 0 Å². The van der Waals surface area contributed by atoms with E-state index in [4.69, 9.17) is 0 Å². The molecular weight excluding hydrogens is 289 g/mol. The Morgan fingerprint density at radius 1 is 1.43 bits per heavy atom. The summed E-state index contributed by atoms with van der Waals surface area (Å²) in [6.07, 6.45) is -4.40. The number of carbonyl (C=O) groups excluding carboxylic acids is 2. The van der Waals surface area contributed by atoms with Crippen LogP contribution in [0, 0.1) is 5.92 Å². The normalized spacial score (nSPS) is 27.0. The Bertz CT molecular complexity index is 404. The van der Waals surface area contributed by atoms with Crippen LogP contribution in [0.25, 0.3) is 0 Å². The Balaban J connectivity index is 2.59. The molecule has 1 saturated heterocycles. The first-order valence-corrected chi connectivity index (χ1v) is 6.73. The van der Waals surface area contributed by atoms with Crippen molar-refractivity contribution in [3.63, 3.8) is 0 Å². The van der Waals surface area contributed by atoms with Crippen molar-refractivity contribution in [3.05, 3.63) is 0 Å². The Labute approximate surface area is 121 Å². The topological polar surface area (TPSA) is 67.4 Å². The van der Waals surface area contributed by atoms with Crippen molar-refractivity contribution >= 4 is 11.9 Å². The van der Waals surface area contributed by atoms with E-state index in [2.05, 4.69) is 15.4 Å². The summed E-state index contributed by atoms with van der Waals surface area (Å²) in [6, 6.07) is -1.79. The summed E-state index contributed by atoms with van der Waals surface area (Å²) < 4.78 is 42.6. The molecule has 1 fully saturated rings. The summed E-state index contributed by atoms with van der Waals surface area (Å²) in [5.41, 5.74) is -2.05. The van der Waals surface area contributed by atoms with Gasteiger partial charge in [0.15, 0.2) is 0 Å². The van der Waals surface area contributed by atoms with E-state index in [1.54, 1.807) is 0 Å². The van der Waals surface area contributed by atoms with Gasteiger partial charge >= 0.3 is 12.1 Å². The summed E-state index contributed by atoms with van der Waals surface area (Å²) >= 11 is 0. The van der Waals surface area contributed by atoms with E-state index in [0.29, 0.717) is 6.42 Å². The molecule has 122 valence electrons. The van der Waals surface area contributed by atoms with Crippen molar-refractivity contribution in [3.8, 4) is 0 Å². The first-order valence-electron chi connectivity index (χ1n) is 6.73. The average molecular weight is 310 g/mol. The second-order valence-corrected chi connectivity index (χ2v) is 5.94. The Morgan fingerprint density at radius 3 is 2.33 bits per heavy atom. The summed E-state index contributed by atoms with van der Waals surface area (Å²) in [4.78, 5) is 23.5. The minimum absolute atomic E-state index is 0.129. The van der Waals surface area contributed by atoms with Crippen LogP contribution in [0.5, 0.6) is 0 Å². The third-order valence-corrected chi connectivity index (χ3v) is 3.56. The molecule has 0 aromatic carbocycles. The first kappa shape index (κ1) is 17.7.